The summed E-state index contributed by atoms with van der Waals surface area (Å²) in [5, 5.41) is 18.3. The summed E-state index contributed by atoms with van der Waals surface area (Å²) in [6, 6.07) is 9.71. The second-order valence-corrected chi connectivity index (χ2v) is 9.65. The van der Waals surface area contributed by atoms with Gasteiger partial charge >= 0.3 is 5.97 Å². The van der Waals surface area contributed by atoms with Crippen LogP contribution in [-0.2, 0) is 4.57 Å². The van der Waals surface area contributed by atoms with E-state index in [1.54, 1.807) is 31.2 Å². The van der Waals surface area contributed by atoms with Crippen molar-refractivity contribution in [3.8, 4) is 6.07 Å². The number of hydrogen-bond acceptors (Lipinski definition) is 3. The lowest BCUT2D eigenvalue weighted by Crippen LogP contribution is -2.21. The molecular formula is C20H15ClFN2O3P. The largest absolute Gasteiger partial charge is 0.477 e. The molecule has 3 aromatic rings. The zero-order valence-corrected chi connectivity index (χ0v) is 16.6. The molecule has 0 fully saturated rings. The number of allylic oxidation sites excluding steroid dienone is 1. The molecule has 28 heavy (non-hydrogen) atoms. The van der Waals surface area contributed by atoms with Gasteiger partial charge in [-0.2, -0.15) is 5.26 Å². The molecule has 0 spiro atoms. The third kappa shape index (κ3) is 3.35. The average molecular weight is 417 g/mol. The lowest BCUT2D eigenvalue weighted by atomic mass is 10.1. The summed E-state index contributed by atoms with van der Waals surface area (Å²) in [7, 11) is -3.55. The number of carbonyl (C=O) groups is 1. The van der Waals surface area contributed by atoms with E-state index >= 15 is 0 Å². The van der Waals surface area contributed by atoms with Gasteiger partial charge in [-0.05, 0) is 55.1 Å². The van der Waals surface area contributed by atoms with Crippen LogP contribution in [0.3, 0.4) is 0 Å². The fourth-order valence-corrected chi connectivity index (χ4v) is 5.67. The first-order valence-electron chi connectivity index (χ1n) is 8.16. The predicted molar refractivity (Wildman–Crippen MR) is 109 cm³/mol. The van der Waals surface area contributed by atoms with Crippen LogP contribution in [0.2, 0.25) is 5.02 Å². The highest BCUT2D eigenvalue weighted by molar-refractivity contribution is 7.78. The number of aromatic nitrogens is 1. The molecule has 1 heterocycles. The average Bonchev–Trinajstić information content (AvgIpc) is 3.04. The van der Waals surface area contributed by atoms with Crippen LogP contribution >= 0.6 is 18.7 Å². The van der Waals surface area contributed by atoms with E-state index in [4.69, 9.17) is 16.9 Å². The van der Waals surface area contributed by atoms with Gasteiger partial charge in [0.1, 0.15) is 12.8 Å². The minimum Gasteiger partial charge on any atom is -0.477 e. The first-order chi connectivity index (χ1) is 13.2. The number of carboxylic acids is 1. The number of hydrogen-bond donors (Lipinski definition) is 2. The van der Waals surface area contributed by atoms with E-state index < -0.39 is 18.9 Å². The van der Waals surface area contributed by atoms with Gasteiger partial charge in [0.05, 0.1) is 16.4 Å². The van der Waals surface area contributed by atoms with Crippen LogP contribution in [0, 0.1) is 24.1 Å². The summed E-state index contributed by atoms with van der Waals surface area (Å²) in [6.07, 6.45) is 2.84. The SMILES string of the molecule is Cc1cc(/C=C/C#N)cc(P(C)(=O)c2c(C(=O)O)[nH]c3ccc(Cl)c(F)c23)c1. The molecular weight excluding hydrogens is 402 g/mol. The van der Waals surface area contributed by atoms with Crippen LogP contribution < -0.4 is 10.6 Å². The molecule has 0 amide bonds. The lowest BCUT2D eigenvalue weighted by Gasteiger charge is -2.16. The summed E-state index contributed by atoms with van der Waals surface area (Å²) >= 11 is 5.89. The van der Waals surface area contributed by atoms with E-state index in [1.807, 2.05) is 6.07 Å². The Labute approximate surface area is 165 Å². The zero-order chi connectivity index (χ0) is 20.6. The second kappa shape index (κ2) is 7.27. The van der Waals surface area contributed by atoms with Crippen molar-refractivity contribution in [2.24, 2.45) is 0 Å². The number of aromatic amines is 1. The number of fused-ring (bicyclic) bond motifs is 1. The Hall–Kier alpha value is -2.87. The topological polar surface area (TPSA) is 93.9 Å². The van der Waals surface area contributed by atoms with E-state index in [-0.39, 0.29) is 26.9 Å². The molecule has 1 aromatic heterocycles. The normalized spacial score (nSPS) is 13.5. The first-order valence-corrected chi connectivity index (χ1v) is 10.7. The number of nitrogens with one attached hydrogen (secondary N) is 1. The number of aromatic carboxylic acids is 1. The van der Waals surface area contributed by atoms with Gasteiger partial charge in [0, 0.05) is 22.3 Å². The standard InChI is InChI=1S/C20H15ClFN2O3P/c1-11-8-12(4-3-7-23)10-13(9-11)28(2,27)19-16-15(24-18(19)20(25)26)6-5-14(21)17(16)22/h3-6,8-10,24H,1-2H3,(H,25,26)/b4-3+. The van der Waals surface area contributed by atoms with E-state index in [2.05, 4.69) is 4.98 Å². The van der Waals surface area contributed by atoms with E-state index in [9.17, 15) is 18.9 Å². The molecule has 2 N–H and O–H groups in total. The summed E-state index contributed by atoms with van der Waals surface area (Å²) in [4.78, 5) is 14.4. The Morgan fingerprint density at radius 3 is 2.71 bits per heavy atom. The summed E-state index contributed by atoms with van der Waals surface area (Å²) in [6.45, 7) is 3.19. The minimum atomic E-state index is -3.55. The summed E-state index contributed by atoms with van der Waals surface area (Å²) in [5.41, 5.74) is 1.27. The molecule has 5 nitrogen and oxygen atoms in total. The van der Waals surface area contributed by atoms with Crippen LogP contribution in [-0.4, -0.2) is 22.7 Å². The van der Waals surface area contributed by atoms with Crippen molar-refractivity contribution in [3.05, 3.63) is 64.1 Å². The number of carboxylic acid groups (broad SMARTS) is 1. The van der Waals surface area contributed by atoms with Gasteiger partial charge in [0.25, 0.3) is 0 Å². The van der Waals surface area contributed by atoms with Crippen LogP contribution in [0.25, 0.3) is 17.0 Å². The maximum atomic E-state index is 14.8. The predicted octanol–water partition coefficient (Wildman–Crippen LogP) is 4.45. The van der Waals surface area contributed by atoms with Gasteiger partial charge in [-0.3, -0.25) is 0 Å². The molecule has 0 radical (unpaired) electrons. The third-order valence-electron chi connectivity index (χ3n) is 4.40. The number of rotatable bonds is 4. The molecule has 0 aliphatic carbocycles. The highest BCUT2D eigenvalue weighted by Crippen LogP contribution is 2.44. The molecule has 142 valence electrons. The molecule has 8 heteroatoms. The number of nitriles is 1. The molecule has 0 aliphatic rings. The maximum absolute atomic E-state index is 14.8. The maximum Gasteiger partial charge on any atom is 0.353 e. The molecule has 0 aliphatic heterocycles. The number of halogens is 2. The fourth-order valence-electron chi connectivity index (χ4n) is 3.18. The molecule has 2 aromatic carbocycles. The third-order valence-corrected chi connectivity index (χ3v) is 7.23. The minimum absolute atomic E-state index is 0.0913. The number of benzene rings is 2. The van der Waals surface area contributed by atoms with E-state index in [0.29, 0.717) is 10.9 Å². The summed E-state index contributed by atoms with van der Waals surface area (Å²) < 4.78 is 28.7. The first kappa shape index (κ1) is 19.9. The van der Waals surface area contributed by atoms with Crippen molar-refractivity contribution in [1.82, 2.24) is 4.98 Å². The molecule has 1 atom stereocenters. The van der Waals surface area contributed by atoms with Crippen molar-refractivity contribution in [2.75, 3.05) is 6.66 Å². The van der Waals surface area contributed by atoms with Crippen LogP contribution in [0.15, 0.2) is 36.4 Å². The number of nitrogens with zero attached hydrogens (tertiary/aromatic N) is 1. The van der Waals surface area contributed by atoms with Crippen LogP contribution in [0.5, 0.6) is 0 Å². The highest BCUT2D eigenvalue weighted by atomic mass is 35.5. The lowest BCUT2D eigenvalue weighted by molar-refractivity contribution is 0.0693. The van der Waals surface area contributed by atoms with Crippen molar-refractivity contribution >= 4 is 52.3 Å². The Kier molecular flexibility index (Phi) is 5.16. The number of H-pyrrole nitrogens is 1. The molecule has 0 saturated carbocycles. The van der Waals surface area contributed by atoms with Gasteiger partial charge in [-0.25, -0.2) is 9.18 Å². The quantitative estimate of drug-likeness (QED) is 0.485. The second-order valence-electron chi connectivity index (χ2n) is 6.43. The van der Waals surface area contributed by atoms with Crippen molar-refractivity contribution in [1.29, 1.82) is 5.26 Å². The van der Waals surface area contributed by atoms with Crippen molar-refractivity contribution in [3.63, 3.8) is 0 Å². The molecule has 0 saturated heterocycles. The van der Waals surface area contributed by atoms with E-state index in [0.717, 1.165) is 5.56 Å². The van der Waals surface area contributed by atoms with Gasteiger partial charge in [0.2, 0.25) is 0 Å². The molecule has 1 unspecified atom stereocenters. The van der Waals surface area contributed by atoms with Crippen LogP contribution in [0.1, 0.15) is 21.6 Å². The smallest absolute Gasteiger partial charge is 0.353 e. The monoisotopic (exact) mass is 416 g/mol. The number of aryl methyl sites for hydroxylation is 1. The van der Waals surface area contributed by atoms with Crippen molar-refractivity contribution in [2.45, 2.75) is 6.92 Å². The van der Waals surface area contributed by atoms with Gasteiger partial charge in [0.15, 0.2) is 5.82 Å². The fraction of sp³-hybridized carbons (Fsp3) is 0.100. The summed E-state index contributed by atoms with van der Waals surface area (Å²) in [5.74, 6) is -2.17. The highest BCUT2D eigenvalue weighted by Gasteiger charge is 2.33. The van der Waals surface area contributed by atoms with Gasteiger partial charge < -0.3 is 14.7 Å². The van der Waals surface area contributed by atoms with E-state index in [1.165, 1.54) is 24.9 Å². The Balaban J connectivity index is 2.37. The zero-order valence-electron chi connectivity index (χ0n) is 15.0. The van der Waals surface area contributed by atoms with Gasteiger partial charge in [-0.1, -0.05) is 17.7 Å². The van der Waals surface area contributed by atoms with Crippen molar-refractivity contribution < 1.29 is 18.9 Å². The Morgan fingerprint density at radius 1 is 1.36 bits per heavy atom. The van der Waals surface area contributed by atoms with Crippen LogP contribution in [0.4, 0.5) is 4.39 Å². The van der Waals surface area contributed by atoms with Gasteiger partial charge in [-0.15, -0.1) is 0 Å². The molecule has 0 bridgehead atoms. The Morgan fingerprint density at radius 2 is 2.07 bits per heavy atom. The Bertz CT molecular complexity index is 1240. The molecule has 3 rings (SSSR count).